The van der Waals surface area contributed by atoms with Crippen LogP contribution in [-0.2, 0) is 19.1 Å². The zero-order chi connectivity index (χ0) is 20.5. The molecular formula is C16H28O10. The number of unbranched alkanes of at least 4 members (excludes halogenated alkanes) is 1. The van der Waals surface area contributed by atoms with E-state index in [4.69, 9.17) is 30.6 Å². The van der Waals surface area contributed by atoms with Gasteiger partial charge in [-0.25, -0.2) is 0 Å². The van der Waals surface area contributed by atoms with Gasteiger partial charge < -0.3 is 40.1 Å². The first-order valence-electron chi connectivity index (χ1n) is 7.79. The number of esters is 2. The predicted molar refractivity (Wildman–Crippen MR) is 89.2 cm³/mol. The van der Waals surface area contributed by atoms with E-state index in [0.717, 1.165) is 12.5 Å². The van der Waals surface area contributed by atoms with Crippen LogP contribution >= 0.6 is 0 Å². The van der Waals surface area contributed by atoms with Crippen LogP contribution < -0.4 is 0 Å². The molecule has 0 aliphatic rings. The average Bonchev–Trinajstić information content (AvgIpc) is 2.63. The summed E-state index contributed by atoms with van der Waals surface area (Å²) in [6.45, 7) is 5.05. The lowest BCUT2D eigenvalue weighted by Gasteiger charge is -2.24. The fourth-order valence-corrected chi connectivity index (χ4v) is 1.51. The molecule has 0 aromatic carbocycles. The zero-order valence-corrected chi connectivity index (χ0v) is 14.4. The summed E-state index contributed by atoms with van der Waals surface area (Å²) in [6.07, 6.45) is -2.45. The minimum Gasteiger partial charge on any atom is -0.435 e. The lowest BCUT2D eigenvalue weighted by Crippen LogP contribution is -2.46. The minimum atomic E-state index is -1.67. The first-order chi connectivity index (χ1) is 12.2. The zero-order valence-electron chi connectivity index (χ0n) is 14.4. The molecule has 0 fully saturated rings. The Morgan fingerprint density at radius 3 is 1.31 bits per heavy atom. The van der Waals surface area contributed by atoms with Crippen molar-refractivity contribution in [2.75, 3.05) is 13.2 Å². The number of aliphatic hydroxyl groups is 6. The molecule has 0 spiro atoms. The van der Waals surface area contributed by atoms with E-state index in [9.17, 15) is 9.59 Å². The first-order valence-corrected chi connectivity index (χ1v) is 7.79. The second kappa shape index (κ2) is 16.6. The van der Waals surface area contributed by atoms with Crippen molar-refractivity contribution < 1.29 is 49.7 Å². The Morgan fingerprint density at radius 1 is 0.769 bits per heavy atom. The molecule has 4 atom stereocenters. The highest BCUT2D eigenvalue weighted by Gasteiger charge is 2.29. The Labute approximate surface area is 151 Å². The van der Waals surface area contributed by atoms with E-state index in [2.05, 4.69) is 22.6 Å². The summed E-state index contributed by atoms with van der Waals surface area (Å²) in [5, 5.41) is 52.2. The molecule has 0 radical (unpaired) electrons. The topological polar surface area (TPSA) is 174 Å². The largest absolute Gasteiger partial charge is 0.435 e. The van der Waals surface area contributed by atoms with Gasteiger partial charge in [0.2, 0.25) is 0 Å². The summed E-state index contributed by atoms with van der Waals surface area (Å²) in [7, 11) is 0. The molecule has 0 aromatic heterocycles. The minimum absolute atomic E-state index is 0.285. The van der Waals surface area contributed by atoms with Crippen molar-refractivity contribution in [3.63, 3.8) is 0 Å². The number of carbonyl (C=O) groups is 2. The molecule has 0 rings (SSSR count). The molecule has 0 aliphatic heterocycles. The molecule has 0 saturated carbocycles. The van der Waals surface area contributed by atoms with Crippen LogP contribution in [-0.4, -0.2) is 80.2 Å². The van der Waals surface area contributed by atoms with Crippen LogP contribution in [0.25, 0.3) is 0 Å². The highest BCUT2D eigenvalue weighted by atomic mass is 16.5. The van der Waals surface area contributed by atoms with Crippen molar-refractivity contribution in [2.24, 2.45) is 0 Å². The van der Waals surface area contributed by atoms with E-state index in [1.807, 2.05) is 0 Å². The maximum Gasteiger partial charge on any atom is 0.310 e. The standard InChI is InChI=1S/C10H14O4.C6H14O6/c1-3-13-9(11)7-5-6-8-10(12)14-4-2;7-1-3(9)5(11)6(12)4(10)2-8/h3-4H,1-2,5-8H2;3-12H,1-2H2/t;3-,4+,5-,6-/m.1/s1. The fourth-order valence-electron chi connectivity index (χ4n) is 1.51. The van der Waals surface area contributed by atoms with Gasteiger partial charge in [-0.05, 0) is 12.8 Å². The van der Waals surface area contributed by atoms with Gasteiger partial charge in [0.15, 0.2) is 0 Å². The third-order valence-corrected chi connectivity index (χ3v) is 2.95. The average molecular weight is 380 g/mol. The smallest absolute Gasteiger partial charge is 0.310 e. The third kappa shape index (κ3) is 13.5. The maximum absolute atomic E-state index is 10.8. The van der Waals surface area contributed by atoms with E-state index in [0.29, 0.717) is 12.8 Å². The van der Waals surface area contributed by atoms with Crippen molar-refractivity contribution >= 4 is 11.9 Å². The molecule has 0 saturated heterocycles. The molecule has 152 valence electrons. The number of ether oxygens (including phenoxy) is 2. The monoisotopic (exact) mass is 380 g/mol. The van der Waals surface area contributed by atoms with Crippen molar-refractivity contribution in [2.45, 2.75) is 50.1 Å². The van der Waals surface area contributed by atoms with E-state index in [1.165, 1.54) is 0 Å². The van der Waals surface area contributed by atoms with Crippen molar-refractivity contribution in [1.82, 2.24) is 0 Å². The van der Waals surface area contributed by atoms with Crippen LogP contribution in [0.2, 0.25) is 0 Å². The molecule has 10 heteroatoms. The SMILES string of the molecule is C=COC(=O)CCCCC(=O)OC=C.OC[C@@H](O)[C@@H](O)[C@H](O)[C@@H](O)CO. The molecule has 10 nitrogen and oxygen atoms in total. The number of carbonyl (C=O) groups excluding carboxylic acids is 2. The van der Waals surface area contributed by atoms with Gasteiger partial charge in [-0.15, -0.1) is 0 Å². The van der Waals surface area contributed by atoms with Gasteiger partial charge in [0, 0.05) is 12.8 Å². The van der Waals surface area contributed by atoms with Crippen LogP contribution in [0.4, 0.5) is 0 Å². The second-order valence-corrected chi connectivity index (χ2v) is 5.00. The van der Waals surface area contributed by atoms with Crippen LogP contribution in [0, 0.1) is 0 Å². The summed E-state index contributed by atoms with van der Waals surface area (Å²) in [5.41, 5.74) is 0. The van der Waals surface area contributed by atoms with Crippen molar-refractivity contribution in [3.05, 3.63) is 25.7 Å². The quantitative estimate of drug-likeness (QED) is 0.130. The molecule has 0 heterocycles. The molecular weight excluding hydrogens is 352 g/mol. The third-order valence-electron chi connectivity index (χ3n) is 2.95. The van der Waals surface area contributed by atoms with Gasteiger partial charge in [0.25, 0.3) is 0 Å². The van der Waals surface area contributed by atoms with E-state index < -0.39 is 37.6 Å². The van der Waals surface area contributed by atoms with Crippen molar-refractivity contribution in [3.8, 4) is 0 Å². The van der Waals surface area contributed by atoms with Crippen molar-refractivity contribution in [1.29, 1.82) is 0 Å². The van der Waals surface area contributed by atoms with E-state index in [-0.39, 0.29) is 24.8 Å². The van der Waals surface area contributed by atoms with Gasteiger partial charge >= 0.3 is 11.9 Å². The predicted octanol–water partition coefficient (Wildman–Crippen LogP) is -1.67. The molecule has 26 heavy (non-hydrogen) atoms. The number of rotatable bonds is 12. The highest BCUT2D eigenvalue weighted by molar-refractivity contribution is 5.71. The van der Waals surface area contributed by atoms with Crippen LogP contribution in [0.5, 0.6) is 0 Å². The lowest BCUT2D eigenvalue weighted by molar-refractivity contribution is -0.140. The molecule has 0 amide bonds. The summed E-state index contributed by atoms with van der Waals surface area (Å²) in [5.74, 6) is -0.672. The summed E-state index contributed by atoms with van der Waals surface area (Å²) in [4.78, 5) is 21.6. The van der Waals surface area contributed by atoms with Crippen LogP contribution in [0.3, 0.4) is 0 Å². The number of hydrogen-bond acceptors (Lipinski definition) is 10. The van der Waals surface area contributed by atoms with E-state index >= 15 is 0 Å². The Bertz CT molecular complexity index is 374. The summed E-state index contributed by atoms with van der Waals surface area (Å²) >= 11 is 0. The van der Waals surface area contributed by atoms with Crippen LogP contribution in [0.15, 0.2) is 25.7 Å². The number of aliphatic hydroxyl groups excluding tert-OH is 6. The van der Waals surface area contributed by atoms with E-state index in [1.54, 1.807) is 0 Å². The molecule has 0 bridgehead atoms. The van der Waals surface area contributed by atoms with Gasteiger partial charge in [0.1, 0.15) is 24.4 Å². The Hall–Kier alpha value is -1.82. The Morgan fingerprint density at radius 2 is 1.08 bits per heavy atom. The molecule has 0 unspecified atom stereocenters. The first kappa shape index (κ1) is 26.4. The van der Waals surface area contributed by atoms with Gasteiger partial charge in [0.05, 0.1) is 25.7 Å². The molecule has 0 aliphatic carbocycles. The lowest BCUT2D eigenvalue weighted by atomic mass is 10.0. The van der Waals surface area contributed by atoms with Crippen LogP contribution in [0.1, 0.15) is 25.7 Å². The maximum atomic E-state index is 10.8. The molecule has 6 N–H and O–H groups in total. The summed E-state index contributed by atoms with van der Waals surface area (Å²) < 4.78 is 8.98. The Balaban J connectivity index is 0. The highest BCUT2D eigenvalue weighted by Crippen LogP contribution is 2.04. The van der Waals surface area contributed by atoms with Gasteiger partial charge in [-0.3, -0.25) is 9.59 Å². The number of hydrogen-bond donors (Lipinski definition) is 6. The molecule has 0 aromatic rings. The van der Waals surface area contributed by atoms with Gasteiger partial charge in [-0.1, -0.05) is 13.2 Å². The summed E-state index contributed by atoms with van der Waals surface area (Å²) in [6, 6.07) is 0. The Kier molecular flexibility index (Phi) is 16.9. The van der Waals surface area contributed by atoms with Gasteiger partial charge in [-0.2, -0.15) is 0 Å². The second-order valence-electron chi connectivity index (χ2n) is 5.00. The fraction of sp³-hybridized carbons (Fsp3) is 0.625. The normalized spacial score (nSPS) is 14.7.